The van der Waals surface area contributed by atoms with Crippen molar-refractivity contribution in [2.45, 2.75) is 47.1 Å². The molecule has 0 radical (unpaired) electrons. The molecule has 2 aromatic rings. The Balaban J connectivity index is 2.55. The van der Waals surface area contributed by atoms with Gasteiger partial charge in [-0.3, -0.25) is 0 Å². The maximum Gasteiger partial charge on any atom is 0.217 e. The molecular weight excluding hydrogens is 248 g/mol. The third-order valence-corrected chi connectivity index (χ3v) is 3.38. The second-order valence-electron chi connectivity index (χ2n) is 6.18. The van der Waals surface area contributed by atoms with Crippen LogP contribution in [-0.2, 0) is 6.54 Å². The number of aryl methyl sites for hydroxylation is 1. The SMILES string of the molecule is Cc1ccc(-c2c(C(C)C)nn(CC(C)C)c2O)cc1. The van der Waals surface area contributed by atoms with Gasteiger partial charge in [-0.15, -0.1) is 0 Å². The zero-order valence-electron chi connectivity index (χ0n) is 13.0. The lowest BCUT2D eigenvalue weighted by molar-refractivity contribution is 0.372. The third kappa shape index (κ3) is 2.87. The van der Waals surface area contributed by atoms with Gasteiger partial charge in [0.1, 0.15) is 0 Å². The molecule has 1 aromatic heterocycles. The van der Waals surface area contributed by atoms with Crippen LogP contribution in [0.3, 0.4) is 0 Å². The first-order valence-corrected chi connectivity index (χ1v) is 7.26. The molecule has 0 saturated carbocycles. The van der Waals surface area contributed by atoms with E-state index in [-0.39, 0.29) is 11.8 Å². The van der Waals surface area contributed by atoms with Crippen LogP contribution in [0.25, 0.3) is 11.1 Å². The Bertz CT molecular complexity index is 580. The number of hydrogen-bond acceptors (Lipinski definition) is 2. The van der Waals surface area contributed by atoms with E-state index in [0.717, 1.165) is 23.4 Å². The highest BCUT2D eigenvalue weighted by atomic mass is 16.3. The Morgan fingerprint density at radius 3 is 2.20 bits per heavy atom. The van der Waals surface area contributed by atoms with Crippen molar-refractivity contribution in [1.29, 1.82) is 0 Å². The van der Waals surface area contributed by atoms with E-state index in [9.17, 15) is 5.11 Å². The first-order chi connectivity index (χ1) is 9.40. The van der Waals surface area contributed by atoms with Crippen LogP contribution in [0, 0.1) is 12.8 Å². The summed E-state index contributed by atoms with van der Waals surface area (Å²) in [6.07, 6.45) is 0. The van der Waals surface area contributed by atoms with E-state index in [1.807, 2.05) is 0 Å². The molecule has 0 aliphatic carbocycles. The molecule has 0 amide bonds. The molecule has 3 nitrogen and oxygen atoms in total. The average Bonchev–Trinajstić information content (AvgIpc) is 2.68. The molecule has 0 spiro atoms. The predicted molar refractivity (Wildman–Crippen MR) is 83.0 cm³/mol. The van der Waals surface area contributed by atoms with Gasteiger partial charge < -0.3 is 5.11 Å². The van der Waals surface area contributed by atoms with Gasteiger partial charge in [0.05, 0.1) is 11.3 Å². The number of nitrogens with zero attached hydrogens (tertiary/aromatic N) is 2. The average molecular weight is 272 g/mol. The number of aromatic hydroxyl groups is 1. The lowest BCUT2D eigenvalue weighted by Crippen LogP contribution is -2.06. The van der Waals surface area contributed by atoms with Gasteiger partial charge >= 0.3 is 0 Å². The van der Waals surface area contributed by atoms with Crippen LogP contribution in [0.5, 0.6) is 5.88 Å². The minimum Gasteiger partial charge on any atom is -0.493 e. The predicted octanol–water partition coefficient (Wildman–Crippen LogP) is 4.34. The maximum absolute atomic E-state index is 10.5. The van der Waals surface area contributed by atoms with Gasteiger partial charge in [-0.1, -0.05) is 57.5 Å². The van der Waals surface area contributed by atoms with Crippen LogP contribution in [-0.4, -0.2) is 14.9 Å². The molecule has 2 rings (SSSR count). The minimum absolute atomic E-state index is 0.283. The molecule has 0 saturated heterocycles. The topological polar surface area (TPSA) is 38.0 Å². The van der Waals surface area contributed by atoms with E-state index in [1.165, 1.54) is 5.56 Å². The van der Waals surface area contributed by atoms with Crippen molar-refractivity contribution < 1.29 is 5.11 Å². The van der Waals surface area contributed by atoms with E-state index in [2.05, 4.69) is 64.0 Å². The van der Waals surface area contributed by atoms with Crippen LogP contribution in [0.1, 0.15) is 44.9 Å². The molecule has 1 heterocycles. The molecule has 1 N–H and O–H groups in total. The summed E-state index contributed by atoms with van der Waals surface area (Å²) in [6.45, 7) is 11.3. The fraction of sp³-hybridized carbons (Fsp3) is 0.471. The monoisotopic (exact) mass is 272 g/mol. The molecule has 0 fully saturated rings. The van der Waals surface area contributed by atoms with Crippen molar-refractivity contribution in [2.24, 2.45) is 5.92 Å². The molecule has 0 aliphatic rings. The summed E-state index contributed by atoms with van der Waals surface area (Å²) in [4.78, 5) is 0. The normalized spacial score (nSPS) is 11.6. The number of rotatable bonds is 4. The first kappa shape index (κ1) is 14.6. The van der Waals surface area contributed by atoms with Gasteiger partial charge in [0.2, 0.25) is 5.88 Å². The summed E-state index contributed by atoms with van der Waals surface area (Å²) in [7, 11) is 0. The van der Waals surface area contributed by atoms with Gasteiger partial charge in [0, 0.05) is 6.54 Å². The smallest absolute Gasteiger partial charge is 0.217 e. The van der Waals surface area contributed by atoms with E-state index < -0.39 is 0 Å². The van der Waals surface area contributed by atoms with Crippen molar-refractivity contribution in [2.75, 3.05) is 0 Å². The van der Waals surface area contributed by atoms with Gasteiger partial charge in [0.15, 0.2) is 0 Å². The highest BCUT2D eigenvalue weighted by Gasteiger charge is 2.21. The fourth-order valence-corrected chi connectivity index (χ4v) is 2.35. The fourth-order valence-electron chi connectivity index (χ4n) is 2.35. The number of benzene rings is 1. The van der Waals surface area contributed by atoms with Crippen molar-refractivity contribution in [3.05, 3.63) is 35.5 Å². The van der Waals surface area contributed by atoms with Crippen LogP contribution in [0.15, 0.2) is 24.3 Å². The second-order valence-corrected chi connectivity index (χ2v) is 6.18. The second kappa shape index (κ2) is 5.70. The quantitative estimate of drug-likeness (QED) is 0.899. The van der Waals surface area contributed by atoms with E-state index >= 15 is 0 Å². The molecule has 3 heteroatoms. The van der Waals surface area contributed by atoms with Crippen molar-refractivity contribution in [3.63, 3.8) is 0 Å². The molecule has 0 unspecified atom stereocenters. The van der Waals surface area contributed by atoms with E-state index in [4.69, 9.17) is 0 Å². The van der Waals surface area contributed by atoms with Gasteiger partial charge in [-0.05, 0) is 24.3 Å². The maximum atomic E-state index is 10.5. The lowest BCUT2D eigenvalue weighted by Gasteiger charge is -2.07. The molecule has 108 valence electrons. The molecule has 0 aliphatic heterocycles. The summed E-state index contributed by atoms with van der Waals surface area (Å²) < 4.78 is 1.73. The summed E-state index contributed by atoms with van der Waals surface area (Å²) in [5.41, 5.74) is 4.09. The highest BCUT2D eigenvalue weighted by molar-refractivity contribution is 5.72. The Hall–Kier alpha value is -1.77. The van der Waals surface area contributed by atoms with E-state index in [0.29, 0.717) is 5.92 Å². The van der Waals surface area contributed by atoms with Crippen LogP contribution in [0.2, 0.25) is 0 Å². The van der Waals surface area contributed by atoms with Crippen molar-refractivity contribution in [1.82, 2.24) is 9.78 Å². The summed E-state index contributed by atoms with van der Waals surface area (Å²) >= 11 is 0. The van der Waals surface area contributed by atoms with Crippen LogP contribution in [0.4, 0.5) is 0 Å². The van der Waals surface area contributed by atoms with Gasteiger partial charge in [-0.25, -0.2) is 4.68 Å². The zero-order chi connectivity index (χ0) is 14.9. The Kier molecular flexibility index (Phi) is 4.17. The summed E-state index contributed by atoms with van der Waals surface area (Å²) in [6, 6.07) is 8.24. The Labute approximate surface area is 121 Å². The van der Waals surface area contributed by atoms with Crippen LogP contribution < -0.4 is 0 Å². The van der Waals surface area contributed by atoms with Crippen molar-refractivity contribution >= 4 is 0 Å². The standard InChI is InChI=1S/C17H24N2O/c1-11(2)10-19-17(20)15(16(18-19)12(3)4)14-8-6-13(5)7-9-14/h6-9,11-12,20H,10H2,1-5H3. The summed E-state index contributed by atoms with van der Waals surface area (Å²) in [5, 5.41) is 15.1. The first-order valence-electron chi connectivity index (χ1n) is 7.26. The minimum atomic E-state index is 0.283. The highest BCUT2D eigenvalue weighted by Crippen LogP contribution is 2.36. The number of aromatic nitrogens is 2. The van der Waals surface area contributed by atoms with Gasteiger partial charge in [0.25, 0.3) is 0 Å². The summed E-state index contributed by atoms with van der Waals surface area (Å²) in [5.74, 6) is 1.02. The third-order valence-electron chi connectivity index (χ3n) is 3.38. The molecular formula is C17H24N2O. The molecule has 0 bridgehead atoms. The molecule has 1 aromatic carbocycles. The molecule has 0 atom stereocenters. The lowest BCUT2D eigenvalue weighted by atomic mass is 9.99. The van der Waals surface area contributed by atoms with Crippen molar-refractivity contribution in [3.8, 4) is 17.0 Å². The van der Waals surface area contributed by atoms with Gasteiger partial charge in [-0.2, -0.15) is 5.10 Å². The molecule has 20 heavy (non-hydrogen) atoms. The zero-order valence-corrected chi connectivity index (χ0v) is 13.0. The Morgan fingerprint density at radius 2 is 1.70 bits per heavy atom. The number of hydrogen-bond donors (Lipinski definition) is 1. The van der Waals surface area contributed by atoms with E-state index in [1.54, 1.807) is 4.68 Å². The Morgan fingerprint density at radius 1 is 1.10 bits per heavy atom. The largest absolute Gasteiger partial charge is 0.493 e. The van der Waals surface area contributed by atoms with Crippen LogP contribution >= 0.6 is 0 Å².